The summed E-state index contributed by atoms with van der Waals surface area (Å²) in [5, 5.41) is 3.33. The van der Waals surface area contributed by atoms with Crippen LogP contribution in [0.4, 0.5) is 18.9 Å². The summed E-state index contributed by atoms with van der Waals surface area (Å²) in [5.41, 5.74) is 1.24. The maximum absolute atomic E-state index is 13.3. The van der Waals surface area contributed by atoms with Gasteiger partial charge in [0, 0.05) is 16.8 Å². The monoisotopic (exact) mass is 315 g/mol. The number of alkyl halides is 2. The fourth-order valence-corrected chi connectivity index (χ4v) is 2.15. The molecule has 21 heavy (non-hydrogen) atoms. The Labute approximate surface area is 125 Å². The third-order valence-electron chi connectivity index (χ3n) is 2.83. The maximum atomic E-state index is 13.3. The standard InChI is InChI=1S/C15H13ClF3NO/c1-9(20-13-7-11(16)6-12(17)8-13)10-3-2-4-14(5-10)21-15(18)19/h2-9,15,20H,1H3. The van der Waals surface area contributed by atoms with E-state index in [1.54, 1.807) is 18.2 Å². The van der Waals surface area contributed by atoms with E-state index >= 15 is 0 Å². The average Bonchev–Trinajstić information content (AvgIpc) is 2.36. The van der Waals surface area contributed by atoms with Crippen LogP contribution in [0, 0.1) is 5.82 Å². The molecule has 0 saturated heterocycles. The SMILES string of the molecule is CC(Nc1cc(F)cc(Cl)c1)c1cccc(OC(F)F)c1. The largest absolute Gasteiger partial charge is 0.435 e. The minimum atomic E-state index is -2.87. The summed E-state index contributed by atoms with van der Waals surface area (Å²) in [6.07, 6.45) is 0. The molecule has 0 spiro atoms. The van der Waals surface area contributed by atoms with Gasteiger partial charge < -0.3 is 10.1 Å². The molecule has 112 valence electrons. The molecule has 2 aromatic carbocycles. The molecule has 0 amide bonds. The van der Waals surface area contributed by atoms with Crippen LogP contribution in [0.1, 0.15) is 18.5 Å². The summed E-state index contributed by atoms with van der Waals surface area (Å²) in [6.45, 7) is -1.05. The van der Waals surface area contributed by atoms with Gasteiger partial charge in [-0.05, 0) is 42.8 Å². The molecule has 2 rings (SSSR count). The molecule has 0 aliphatic carbocycles. The maximum Gasteiger partial charge on any atom is 0.387 e. The Hall–Kier alpha value is -1.88. The summed E-state index contributed by atoms with van der Waals surface area (Å²) < 4.78 is 42.0. The Bertz CT molecular complexity index is 601. The van der Waals surface area contributed by atoms with Gasteiger partial charge in [-0.2, -0.15) is 8.78 Å². The molecule has 0 saturated carbocycles. The first kappa shape index (κ1) is 15.5. The molecule has 0 aromatic heterocycles. The number of benzene rings is 2. The van der Waals surface area contributed by atoms with E-state index in [1.165, 1.54) is 24.3 Å². The van der Waals surface area contributed by atoms with Crippen LogP contribution in [0.3, 0.4) is 0 Å². The minimum Gasteiger partial charge on any atom is -0.435 e. The van der Waals surface area contributed by atoms with E-state index in [0.717, 1.165) is 5.56 Å². The zero-order chi connectivity index (χ0) is 15.4. The van der Waals surface area contributed by atoms with Gasteiger partial charge in [0.2, 0.25) is 0 Å². The van der Waals surface area contributed by atoms with Crippen molar-refractivity contribution in [2.24, 2.45) is 0 Å². The van der Waals surface area contributed by atoms with Crippen LogP contribution in [-0.4, -0.2) is 6.61 Å². The first-order valence-corrected chi connectivity index (χ1v) is 6.59. The van der Waals surface area contributed by atoms with E-state index in [1.807, 2.05) is 6.92 Å². The van der Waals surface area contributed by atoms with E-state index in [4.69, 9.17) is 11.6 Å². The van der Waals surface area contributed by atoms with Gasteiger partial charge in [-0.15, -0.1) is 0 Å². The lowest BCUT2D eigenvalue weighted by Gasteiger charge is -2.17. The van der Waals surface area contributed by atoms with Crippen molar-refractivity contribution in [1.82, 2.24) is 0 Å². The van der Waals surface area contributed by atoms with Gasteiger partial charge in [0.1, 0.15) is 11.6 Å². The van der Waals surface area contributed by atoms with Crippen molar-refractivity contribution in [2.75, 3.05) is 5.32 Å². The van der Waals surface area contributed by atoms with Crippen molar-refractivity contribution < 1.29 is 17.9 Å². The molecule has 0 bridgehead atoms. The Morgan fingerprint density at radius 2 is 1.90 bits per heavy atom. The Morgan fingerprint density at radius 3 is 2.57 bits per heavy atom. The first-order valence-electron chi connectivity index (χ1n) is 6.21. The predicted octanol–water partition coefficient (Wildman–Crippen LogP) is 5.25. The third kappa shape index (κ3) is 4.56. The highest BCUT2D eigenvalue weighted by Crippen LogP contribution is 2.25. The number of halogens is 4. The molecule has 2 aromatic rings. The van der Waals surface area contributed by atoms with E-state index in [0.29, 0.717) is 5.69 Å². The zero-order valence-electron chi connectivity index (χ0n) is 11.1. The van der Waals surface area contributed by atoms with Crippen LogP contribution >= 0.6 is 11.6 Å². The summed E-state index contributed by atoms with van der Waals surface area (Å²) in [4.78, 5) is 0. The molecular weight excluding hydrogens is 303 g/mol. The molecule has 0 fully saturated rings. The highest BCUT2D eigenvalue weighted by molar-refractivity contribution is 6.30. The molecule has 6 heteroatoms. The zero-order valence-corrected chi connectivity index (χ0v) is 11.9. The van der Waals surface area contributed by atoms with Gasteiger partial charge in [0.25, 0.3) is 0 Å². The summed E-state index contributed by atoms with van der Waals surface area (Å²) in [5.74, 6) is -0.375. The first-order chi connectivity index (χ1) is 9.94. The quantitative estimate of drug-likeness (QED) is 0.813. The summed E-state index contributed by atoms with van der Waals surface area (Å²) in [6, 6.07) is 10.2. The molecule has 1 N–H and O–H groups in total. The van der Waals surface area contributed by atoms with Gasteiger partial charge >= 0.3 is 6.61 Å². The third-order valence-corrected chi connectivity index (χ3v) is 3.05. The van der Waals surface area contributed by atoms with Crippen LogP contribution in [0.2, 0.25) is 5.02 Å². The van der Waals surface area contributed by atoms with Gasteiger partial charge in [0.05, 0.1) is 0 Å². The highest BCUT2D eigenvalue weighted by Gasteiger charge is 2.10. The molecule has 1 unspecified atom stereocenters. The average molecular weight is 316 g/mol. The van der Waals surface area contributed by atoms with E-state index < -0.39 is 12.4 Å². The lowest BCUT2D eigenvalue weighted by molar-refractivity contribution is -0.0498. The molecule has 2 nitrogen and oxygen atoms in total. The normalized spacial score (nSPS) is 12.3. The fourth-order valence-electron chi connectivity index (χ4n) is 1.93. The van der Waals surface area contributed by atoms with Gasteiger partial charge in [-0.1, -0.05) is 23.7 Å². The van der Waals surface area contributed by atoms with E-state index in [-0.39, 0.29) is 16.8 Å². The van der Waals surface area contributed by atoms with Crippen LogP contribution in [0.15, 0.2) is 42.5 Å². The van der Waals surface area contributed by atoms with E-state index in [9.17, 15) is 13.2 Å². The molecule has 0 heterocycles. The predicted molar refractivity (Wildman–Crippen MR) is 76.5 cm³/mol. The van der Waals surface area contributed by atoms with Crippen molar-refractivity contribution in [2.45, 2.75) is 19.6 Å². The lowest BCUT2D eigenvalue weighted by atomic mass is 10.1. The second-order valence-electron chi connectivity index (χ2n) is 4.48. The number of anilines is 1. The molecular formula is C15H13ClF3NO. The van der Waals surface area contributed by atoms with Gasteiger partial charge in [-0.25, -0.2) is 4.39 Å². The topological polar surface area (TPSA) is 21.3 Å². The second kappa shape index (κ2) is 6.72. The van der Waals surface area contributed by atoms with Crippen molar-refractivity contribution >= 4 is 17.3 Å². The van der Waals surface area contributed by atoms with Crippen LogP contribution in [0.25, 0.3) is 0 Å². The van der Waals surface area contributed by atoms with Crippen molar-refractivity contribution in [3.05, 3.63) is 58.9 Å². The number of hydrogen-bond acceptors (Lipinski definition) is 2. The molecule has 0 aliphatic heterocycles. The van der Waals surface area contributed by atoms with Crippen molar-refractivity contribution in [3.8, 4) is 5.75 Å². The highest BCUT2D eigenvalue weighted by atomic mass is 35.5. The molecule has 0 radical (unpaired) electrons. The Morgan fingerprint density at radius 1 is 1.14 bits per heavy atom. The Kier molecular flexibility index (Phi) is 4.96. The van der Waals surface area contributed by atoms with Crippen molar-refractivity contribution in [1.29, 1.82) is 0 Å². The summed E-state index contributed by atoms with van der Waals surface area (Å²) >= 11 is 5.78. The number of rotatable bonds is 5. The van der Waals surface area contributed by atoms with E-state index in [2.05, 4.69) is 10.1 Å². The van der Waals surface area contributed by atoms with Crippen LogP contribution in [0.5, 0.6) is 5.75 Å². The minimum absolute atomic E-state index is 0.0772. The smallest absolute Gasteiger partial charge is 0.387 e. The summed E-state index contributed by atoms with van der Waals surface area (Å²) in [7, 11) is 0. The number of hydrogen-bond donors (Lipinski definition) is 1. The molecule has 0 aliphatic rings. The van der Waals surface area contributed by atoms with Crippen molar-refractivity contribution in [3.63, 3.8) is 0 Å². The lowest BCUT2D eigenvalue weighted by Crippen LogP contribution is -2.08. The number of ether oxygens (including phenoxy) is 1. The van der Waals surface area contributed by atoms with Gasteiger partial charge in [0.15, 0.2) is 0 Å². The number of nitrogens with one attached hydrogen (secondary N) is 1. The van der Waals surface area contributed by atoms with Crippen LogP contribution in [-0.2, 0) is 0 Å². The fraction of sp³-hybridized carbons (Fsp3) is 0.200. The second-order valence-corrected chi connectivity index (χ2v) is 4.91. The Balaban J connectivity index is 2.14. The molecule has 1 atom stereocenters. The van der Waals surface area contributed by atoms with Gasteiger partial charge in [-0.3, -0.25) is 0 Å². The van der Waals surface area contributed by atoms with Crippen LogP contribution < -0.4 is 10.1 Å².